The molecule has 0 saturated heterocycles. The van der Waals surface area contributed by atoms with E-state index in [9.17, 15) is 4.79 Å². The molecular formula is C17H17Br2N5O. The van der Waals surface area contributed by atoms with Crippen LogP contribution in [0.15, 0.2) is 51.8 Å². The van der Waals surface area contributed by atoms with Crippen molar-refractivity contribution in [3.05, 3.63) is 63.1 Å². The second-order valence-corrected chi connectivity index (χ2v) is 7.43. The van der Waals surface area contributed by atoms with Crippen LogP contribution in [0.2, 0.25) is 0 Å². The molecule has 130 valence electrons. The fourth-order valence-corrected chi connectivity index (χ4v) is 3.06. The molecule has 2 heterocycles. The van der Waals surface area contributed by atoms with Crippen LogP contribution in [0.1, 0.15) is 17.7 Å². The molecule has 1 amide bonds. The number of halogens is 2. The van der Waals surface area contributed by atoms with Crippen molar-refractivity contribution in [2.24, 2.45) is 0 Å². The van der Waals surface area contributed by atoms with Gasteiger partial charge in [-0.1, -0.05) is 12.1 Å². The SMILES string of the molecule is Cc1c(Br)cnn1CCC(=O)Nc1cccc(Cn2cc(Br)cn2)c1. The molecule has 0 aliphatic heterocycles. The third kappa shape index (κ3) is 4.79. The van der Waals surface area contributed by atoms with Gasteiger partial charge in [-0.3, -0.25) is 14.2 Å². The molecule has 0 saturated carbocycles. The Morgan fingerprint density at radius 1 is 1.24 bits per heavy atom. The van der Waals surface area contributed by atoms with E-state index >= 15 is 0 Å². The lowest BCUT2D eigenvalue weighted by atomic mass is 10.2. The molecule has 6 nitrogen and oxygen atoms in total. The fourth-order valence-electron chi connectivity index (χ4n) is 2.44. The Labute approximate surface area is 162 Å². The zero-order valence-electron chi connectivity index (χ0n) is 13.6. The van der Waals surface area contributed by atoms with Gasteiger partial charge in [0.05, 0.1) is 34.4 Å². The van der Waals surface area contributed by atoms with Gasteiger partial charge in [0, 0.05) is 24.0 Å². The van der Waals surface area contributed by atoms with Crippen LogP contribution in [0.4, 0.5) is 5.69 Å². The molecular weight excluding hydrogens is 450 g/mol. The molecule has 0 atom stereocenters. The van der Waals surface area contributed by atoms with Crippen LogP contribution in [-0.4, -0.2) is 25.5 Å². The third-order valence-electron chi connectivity index (χ3n) is 3.75. The first-order valence-corrected chi connectivity index (χ1v) is 9.34. The minimum atomic E-state index is -0.0370. The maximum absolute atomic E-state index is 12.2. The van der Waals surface area contributed by atoms with Gasteiger partial charge in [-0.05, 0) is 56.5 Å². The molecule has 1 aromatic carbocycles. The number of aromatic nitrogens is 4. The van der Waals surface area contributed by atoms with Crippen LogP contribution < -0.4 is 5.32 Å². The van der Waals surface area contributed by atoms with Crippen molar-refractivity contribution in [3.63, 3.8) is 0 Å². The molecule has 0 unspecified atom stereocenters. The number of amides is 1. The smallest absolute Gasteiger partial charge is 0.226 e. The number of aryl methyl sites for hydroxylation is 1. The van der Waals surface area contributed by atoms with E-state index in [1.807, 2.05) is 46.7 Å². The number of carbonyl (C=O) groups is 1. The van der Waals surface area contributed by atoms with Crippen molar-refractivity contribution in [1.29, 1.82) is 0 Å². The Balaban J connectivity index is 1.57. The Kier molecular flexibility index (Phi) is 5.70. The lowest BCUT2D eigenvalue weighted by molar-refractivity contribution is -0.116. The first-order chi connectivity index (χ1) is 12.0. The number of hydrogen-bond acceptors (Lipinski definition) is 3. The van der Waals surface area contributed by atoms with Crippen LogP contribution >= 0.6 is 31.9 Å². The summed E-state index contributed by atoms with van der Waals surface area (Å²) in [6.45, 7) is 3.16. The minimum absolute atomic E-state index is 0.0370. The van der Waals surface area contributed by atoms with Crippen molar-refractivity contribution in [3.8, 4) is 0 Å². The highest BCUT2D eigenvalue weighted by Crippen LogP contribution is 2.16. The number of nitrogens with zero attached hydrogens (tertiary/aromatic N) is 4. The summed E-state index contributed by atoms with van der Waals surface area (Å²) in [6.07, 6.45) is 5.77. The first kappa shape index (κ1) is 17.9. The van der Waals surface area contributed by atoms with Crippen molar-refractivity contribution >= 4 is 43.5 Å². The molecule has 0 aliphatic rings. The van der Waals surface area contributed by atoms with E-state index in [1.165, 1.54) is 0 Å². The highest BCUT2D eigenvalue weighted by atomic mass is 79.9. The summed E-state index contributed by atoms with van der Waals surface area (Å²) in [5, 5.41) is 11.4. The lowest BCUT2D eigenvalue weighted by Gasteiger charge is -2.09. The van der Waals surface area contributed by atoms with E-state index in [2.05, 4.69) is 47.4 Å². The average molecular weight is 467 g/mol. The zero-order chi connectivity index (χ0) is 17.8. The highest BCUT2D eigenvalue weighted by molar-refractivity contribution is 9.10. The largest absolute Gasteiger partial charge is 0.326 e. The number of nitrogens with one attached hydrogen (secondary N) is 1. The Bertz CT molecular complexity index is 887. The van der Waals surface area contributed by atoms with Gasteiger partial charge >= 0.3 is 0 Å². The third-order valence-corrected chi connectivity index (χ3v) is 4.94. The second-order valence-electron chi connectivity index (χ2n) is 5.66. The second kappa shape index (κ2) is 7.97. The Morgan fingerprint density at radius 3 is 2.76 bits per heavy atom. The molecule has 25 heavy (non-hydrogen) atoms. The predicted octanol–water partition coefficient (Wildman–Crippen LogP) is 3.99. The van der Waals surface area contributed by atoms with Gasteiger partial charge < -0.3 is 5.32 Å². The summed E-state index contributed by atoms with van der Waals surface area (Å²) in [5.41, 5.74) is 2.87. The summed E-state index contributed by atoms with van der Waals surface area (Å²) in [7, 11) is 0. The molecule has 3 rings (SSSR count). The average Bonchev–Trinajstić information content (AvgIpc) is 3.12. The maximum Gasteiger partial charge on any atom is 0.226 e. The van der Waals surface area contributed by atoms with Gasteiger partial charge in [0.2, 0.25) is 5.91 Å². The van der Waals surface area contributed by atoms with E-state index in [-0.39, 0.29) is 5.91 Å². The van der Waals surface area contributed by atoms with Gasteiger partial charge in [0.25, 0.3) is 0 Å². The molecule has 0 aliphatic carbocycles. The summed E-state index contributed by atoms with van der Waals surface area (Å²) < 4.78 is 5.54. The molecule has 0 bridgehead atoms. The van der Waals surface area contributed by atoms with E-state index in [0.29, 0.717) is 19.5 Å². The number of anilines is 1. The number of carbonyl (C=O) groups excluding carboxylic acids is 1. The molecule has 0 fully saturated rings. The van der Waals surface area contributed by atoms with E-state index < -0.39 is 0 Å². The fraction of sp³-hybridized carbons (Fsp3) is 0.235. The first-order valence-electron chi connectivity index (χ1n) is 7.76. The minimum Gasteiger partial charge on any atom is -0.326 e. The van der Waals surface area contributed by atoms with Crippen LogP contribution in [0.5, 0.6) is 0 Å². The number of rotatable bonds is 6. The number of hydrogen-bond donors (Lipinski definition) is 1. The van der Waals surface area contributed by atoms with Crippen molar-refractivity contribution < 1.29 is 4.79 Å². The van der Waals surface area contributed by atoms with Crippen LogP contribution in [-0.2, 0) is 17.9 Å². The van der Waals surface area contributed by atoms with Gasteiger partial charge in [-0.2, -0.15) is 10.2 Å². The summed E-state index contributed by atoms with van der Waals surface area (Å²) in [6, 6.07) is 7.79. The Hall–Kier alpha value is -1.93. The van der Waals surface area contributed by atoms with Gasteiger partial charge in [0.15, 0.2) is 0 Å². The van der Waals surface area contributed by atoms with Crippen molar-refractivity contribution in [1.82, 2.24) is 19.6 Å². The topological polar surface area (TPSA) is 64.7 Å². The van der Waals surface area contributed by atoms with E-state index in [4.69, 9.17) is 0 Å². The monoisotopic (exact) mass is 465 g/mol. The zero-order valence-corrected chi connectivity index (χ0v) is 16.8. The molecule has 2 aromatic heterocycles. The molecule has 8 heteroatoms. The molecule has 0 radical (unpaired) electrons. The van der Waals surface area contributed by atoms with E-state index in [1.54, 1.807) is 12.4 Å². The van der Waals surface area contributed by atoms with Crippen molar-refractivity contribution in [2.45, 2.75) is 26.4 Å². The van der Waals surface area contributed by atoms with Crippen LogP contribution in [0.25, 0.3) is 0 Å². The highest BCUT2D eigenvalue weighted by Gasteiger charge is 2.08. The van der Waals surface area contributed by atoms with Crippen LogP contribution in [0.3, 0.4) is 0 Å². The Morgan fingerprint density at radius 2 is 2.08 bits per heavy atom. The molecule has 3 aromatic rings. The summed E-state index contributed by atoms with van der Waals surface area (Å²) in [5.74, 6) is -0.0370. The summed E-state index contributed by atoms with van der Waals surface area (Å²) >= 11 is 6.80. The number of benzene rings is 1. The molecule has 1 N–H and O–H groups in total. The predicted molar refractivity (Wildman–Crippen MR) is 103 cm³/mol. The van der Waals surface area contributed by atoms with Crippen LogP contribution in [0, 0.1) is 6.92 Å². The van der Waals surface area contributed by atoms with Gasteiger partial charge in [-0.15, -0.1) is 0 Å². The van der Waals surface area contributed by atoms with E-state index in [0.717, 1.165) is 25.9 Å². The van der Waals surface area contributed by atoms with Gasteiger partial charge in [-0.25, -0.2) is 0 Å². The normalized spacial score (nSPS) is 10.8. The quantitative estimate of drug-likeness (QED) is 0.597. The van der Waals surface area contributed by atoms with Gasteiger partial charge in [0.1, 0.15) is 0 Å². The van der Waals surface area contributed by atoms with Crippen molar-refractivity contribution in [2.75, 3.05) is 5.32 Å². The standard InChI is InChI=1S/C17H17Br2N5O/c1-12-16(19)9-21-24(12)6-5-17(25)22-15-4-2-3-13(7-15)10-23-11-14(18)8-20-23/h2-4,7-9,11H,5-6,10H2,1H3,(H,22,25). The summed E-state index contributed by atoms with van der Waals surface area (Å²) in [4.78, 5) is 12.2. The maximum atomic E-state index is 12.2. The molecule has 0 spiro atoms. The lowest BCUT2D eigenvalue weighted by Crippen LogP contribution is -2.15.